The summed E-state index contributed by atoms with van der Waals surface area (Å²) in [6.07, 6.45) is 2.04. The summed E-state index contributed by atoms with van der Waals surface area (Å²) in [5.41, 5.74) is 8.66. The predicted octanol–water partition coefficient (Wildman–Crippen LogP) is 3.98. The van der Waals surface area contributed by atoms with Gasteiger partial charge in [0, 0.05) is 4.90 Å². The number of rotatable bonds is 2. The van der Waals surface area contributed by atoms with Crippen molar-refractivity contribution in [3.05, 3.63) is 47.5 Å². The second-order valence-corrected chi connectivity index (χ2v) is 5.40. The van der Waals surface area contributed by atoms with E-state index in [9.17, 15) is 0 Å². The van der Waals surface area contributed by atoms with Crippen LogP contribution < -0.4 is 5.73 Å². The number of nitrogen functional groups attached to an aromatic ring is 1. The van der Waals surface area contributed by atoms with E-state index in [0.29, 0.717) is 11.0 Å². The topological polar surface area (TPSA) is 43.8 Å². The van der Waals surface area contributed by atoms with Gasteiger partial charge in [0.15, 0.2) is 0 Å². The molecule has 96 valence electrons. The maximum absolute atomic E-state index is 6.28. The molecule has 2 aromatic carbocycles. The highest BCUT2D eigenvalue weighted by Crippen LogP contribution is 2.30. The molecule has 0 fully saturated rings. The molecule has 0 spiro atoms. The van der Waals surface area contributed by atoms with Crippen LogP contribution in [-0.2, 0) is 0 Å². The van der Waals surface area contributed by atoms with Gasteiger partial charge in [-0.25, -0.2) is 4.98 Å². The Morgan fingerprint density at radius 1 is 1.21 bits per heavy atom. The van der Waals surface area contributed by atoms with E-state index in [2.05, 4.69) is 17.1 Å². The monoisotopic (exact) mass is 289 g/mol. The first-order valence-electron chi connectivity index (χ1n) is 5.77. The Morgan fingerprint density at radius 2 is 2.00 bits per heavy atom. The summed E-state index contributed by atoms with van der Waals surface area (Å²) in [6, 6.07) is 13.8. The van der Waals surface area contributed by atoms with Gasteiger partial charge in [-0.15, -0.1) is 11.8 Å². The lowest BCUT2D eigenvalue weighted by molar-refractivity contribution is 1.10. The minimum Gasteiger partial charge on any atom is -0.369 e. The van der Waals surface area contributed by atoms with Crippen LogP contribution in [0.25, 0.3) is 16.7 Å². The molecule has 0 saturated heterocycles. The van der Waals surface area contributed by atoms with Crippen molar-refractivity contribution in [2.75, 3.05) is 12.0 Å². The van der Waals surface area contributed by atoms with Crippen molar-refractivity contribution in [1.82, 2.24) is 9.55 Å². The number of nitrogens with two attached hydrogens (primary N) is 1. The third-order valence-corrected chi connectivity index (χ3v) is 4.00. The molecule has 3 nitrogen and oxygen atoms in total. The lowest BCUT2D eigenvalue weighted by Crippen LogP contribution is -2.00. The summed E-state index contributed by atoms with van der Waals surface area (Å²) in [5.74, 6) is 0.446. The molecule has 0 unspecified atom stereocenters. The van der Waals surface area contributed by atoms with Crippen LogP contribution in [0.3, 0.4) is 0 Å². The summed E-state index contributed by atoms with van der Waals surface area (Å²) in [5, 5.41) is 0.649. The Bertz CT molecular complexity index is 752. The summed E-state index contributed by atoms with van der Waals surface area (Å²) < 4.78 is 1.89. The van der Waals surface area contributed by atoms with Crippen molar-refractivity contribution in [3.8, 4) is 5.69 Å². The fourth-order valence-corrected chi connectivity index (χ4v) is 2.82. The number of hydrogen-bond acceptors (Lipinski definition) is 3. The highest BCUT2D eigenvalue weighted by molar-refractivity contribution is 7.98. The van der Waals surface area contributed by atoms with Gasteiger partial charge in [0.1, 0.15) is 0 Å². The van der Waals surface area contributed by atoms with E-state index in [1.54, 1.807) is 11.8 Å². The molecule has 1 aromatic heterocycles. The third-order valence-electron chi connectivity index (χ3n) is 2.96. The quantitative estimate of drug-likeness (QED) is 0.726. The smallest absolute Gasteiger partial charge is 0.205 e. The van der Waals surface area contributed by atoms with Gasteiger partial charge in [-0.3, -0.25) is 4.57 Å². The Kier molecular flexibility index (Phi) is 3.12. The van der Waals surface area contributed by atoms with Crippen LogP contribution in [0.2, 0.25) is 5.02 Å². The highest BCUT2D eigenvalue weighted by atomic mass is 35.5. The molecule has 0 atom stereocenters. The fraction of sp³-hybridized carbons (Fsp3) is 0.0714. The number of thioether (sulfide) groups is 1. The van der Waals surface area contributed by atoms with E-state index < -0.39 is 0 Å². The predicted molar refractivity (Wildman–Crippen MR) is 82.3 cm³/mol. The van der Waals surface area contributed by atoms with Crippen molar-refractivity contribution in [3.63, 3.8) is 0 Å². The lowest BCUT2D eigenvalue weighted by atomic mass is 10.3. The summed E-state index contributed by atoms with van der Waals surface area (Å²) in [4.78, 5) is 5.53. The van der Waals surface area contributed by atoms with E-state index in [0.717, 1.165) is 16.7 Å². The number of benzene rings is 2. The van der Waals surface area contributed by atoms with Gasteiger partial charge in [-0.1, -0.05) is 23.7 Å². The van der Waals surface area contributed by atoms with Gasteiger partial charge in [0.25, 0.3) is 0 Å². The molecule has 0 saturated carbocycles. The highest BCUT2D eigenvalue weighted by Gasteiger charge is 2.12. The fourth-order valence-electron chi connectivity index (χ4n) is 2.11. The van der Waals surface area contributed by atoms with Gasteiger partial charge in [0.05, 0.1) is 21.7 Å². The van der Waals surface area contributed by atoms with Gasteiger partial charge in [-0.05, 0) is 36.6 Å². The average Bonchev–Trinajstić information content (AvgIpc) is 2.76. The van der Waals surface area contributed by atoms with Crippen LogP contribution in [0, 0.1) is 0 Å². The molecular weight excluding hydrogens is 278 g/mol. The minimum atomic E-state index is 0.446. The normalized spacial score (nSPS) is 11.1. The van der Waals surface area contributed by atoms with Crippen molar-refractivity contribution in [2.24, 2.45) is 0 Å². The van der Waals surface area contributed by atoms with Crippen molar-refractivity contribution in [2.45, 2.75) is 4.90 Å². The van der Waals surface area contributed by atoms with Crippen molar-refractivity contribution in [1.29, 1.82) is 0 Å². The summed E-state index contributed by atoms with van der Waals surface area (Å²) in [7, 11) is 0. The van der Waals surface area contributed by atoms with E-state index in [1.165, 1.54) is 4.90 Å². The summed E-state index contributed by atoms with van der Waals surface area (Å²) >= 11 is 7.97. The van der Waals surface area contributed by atoms with Gasteiger partial charge >= 0.3 is 0 Å². The minimum absolute atomic E-state index is 0.446. The largest absolute Gasteiger partial charge is 0.369 e. The van der Waals surface area contributed by atoms with Crippen LogP contribution in [0.15, 0.2) is 47.4 Å². The zero-order valence-corrected chi connectivity index (χ0v) is 11.9. The number of nitrogens with zero attached hydrogens (tertiary/aromatic N) is 2. The second kappa shape index (κ2) is 4.79. The SMILES string of the molecule is CSc1cccc(-n2c(N)nc3cccc(Cl)c32)c1. The molecule has 0 amide bonds. The molecule has 19 heavy (non-hydrogen) atoms. The maximum atomic E-state index is 6.28. The van der Waals surface area contributed by atoms with E-state index in [4.69, 9.17) is 17.3 Å². The van der Waals surface area contributed by atoms with Crippen LogP contribution in [-0.4, -0.2) is 15.8 Å². The maximum Gasteiger partial charge on any atom is 0.205 e. The molecular formula is C14H12ClN3S. The number of para-hydroxylation sites is 1. The Labute approximate surface area is 120 Å². The molecule has 0 radical (unpaired) electrons. The molecule has 0 aliphatic heterocycles. The average molecular weight is 290 g/mol. The molecule has 3 aromatic rings. The third kappa shape index (κ3) is 2.07. The van der Waals surface area contributed by atoms with Gasteiger partial charge in [-0.2, -0.15) is 0 Å². The number of fused-ring (bicyclic) bond motifs is 1. The van der Waals surface area contributed by atoms with Gasteiger partial charge in [0.2, 0.25) is 5.95 Å². The number of halogens is 1. The van der Waals surface area contributed by atoms with Gasteiger partial charge < -0.3 is 5.73 Å². The van der Waals surface area contributed by atoms with E-state index in [-0.39, 0.29) is 0 Å². The van der Waals surface area contributed by atoms with Crippen LogP contribution in [0.1, 0.15) is 0 Å². The van der Waals surface area contributed by atoms with E-state index >= 15 is 0 Å². The first-order chi connectivity index (χ1) is 9.20. The van der Waals surface area contributed by atoms with Crippen LogP contribution >= 0.6 is 23.4 Å². The Morgan fingerprint density at radius 3 is 2.79 bits per heavy atom. The zero-order chi connectivity index (χ0) is 13.4. The molecule has 5 heteroatoms. The molecule has 1 heterocycles. The van der Waals surface area contributed by atoms with E-state index in [1.807, 2.05) is 41.2 Å². The number of hydrogen-bond donors (Lipinski definition) is 1. The Balaban J connectivity index is 2.32. The molecule has 2 N–H and O–H groups in total. The van der Waals surface area contributed by atoms with Crippen LogP contribution in [0.5, 0.6) is 0 Å². The number of imidazole rings is 1. The lowest BCUT2D eigenvalue weighted by Gasteiger charge is -2.08. The molecule has 3 rings (SSSR count). The molecule has 0 aliphatic carbocycles. The first kappa shape index (κ1) is 12.4. The number of aromatic nitrogens is 2. The Hall–Kier alpha value is -1.65. The standard InChI is InChI=1S/C14H12ClN3S/c1-19-10-5-2-4-9(8-10)18-13-11(15)6-3-7-12(13)17-14(18)16/h2-8H,1H3,(H2,16,17). The number of anilines is 1. The van der Waals surface area contributed by atoms with Crippen molar-refractivity contribution >= 4 is 40.3 Å². The van der Waals surface area contributed by atoms with Crippen LogP contribution in [0.4, 0.5) is 5.95 Å². The molecule has 0 aliphatic rings. The summed E-state index contributed by atoms with van der Waals surface area (Å²) in [6.45, 7) is 0. The molecule has 0 bridgehead atoms. The second-order valence-electron chi connectivity index (χ2n) is 4.11. The zero-order valence-electron chi connectivity index (χ0n) is 10.3. The van der Waals surface area contributed by atoms with Crippen molar-refractivity contribution < 1.29 is 0 Å². The first-order valence-corrected chi connectivity index (χ1v) is 7.38.